The molecule has 0 aliphatic heterocycles. The number of para-hydroxylation sites is 1. The zero-order valence-electron chi connectivity index (χ0n) is 15.4. The van der Waals surface area contributed by atoms with Gasteiger partial charge >= 0.3 is 0 Å². The maximum atomic E-state index is 13.6. The smallest absolute Gasteiger partial charge is 0.191 e. The van der Waals surface area contributed by atoms with E-state index in [1.807, 2.05) is 37.3 Å². The lowest BCUT2D eigenvalue weighted by Gasteiger charge is -2.18. The molecule has 2 aromatic carbocycles. The van der Waals surface area contributed by atoms with E-state index < -0.39 is 10.8 Å². The molecule has 0 bridgehead atoms. The highest BCUT2D eigenvalue weighted by Crippen LogP contribution is 2.16. The molecule has 0 heterocycles. The monoisotopic (exact) mass is 505 g/mol. The molecule has 2 unspecified atom stereocenters. The summed E-state index contributed by atoms with van der Waals surface area (Å²) in [6, 6.07) is 15.7. The Labute approximate surface area is 179 Å². The Morgan fingerprint density at radius 2 is 1.81 bits per heavy atom. The van der Waals surface area contributed by atoms with E-state index in [2.05, 4.69) is 15.6 Å². The van der Waals surface area contributed by atoms with Gasteiger partial charge in [-0.1, -0.05) is 30.3 Å². The van der Waals surface area contributed by atoms with E-state index in [0.29, 0.717) is 24.8 Å². The molecule has 0 saturated carbocycles. The fourth-order valence-electron chi connectivity index (χ4n) is 2.21. The first-order valence-electron chi connectivity index (χ1n) is 8.39. The standard InChI is InChI=1S/C19H24FN3O2S.HI/c1-15(25-18-11-7-6-10-17(18)20)14-23-19(21-2)22-12-13-26(24)16-8-4-3-5-9-16;/h3-11,15H,12-14H2,1-2H3,(H2,21,22,23);1H. The minimum Gasteiger partial charge on any atom is -0.486 e. The molecule has 0 aliphatic rings. The van der Waals surface area contributed by atoms with Crippen molar-refractivity contribution in [2.75, 3.05) is 25.9 Å². The molecule has 0 radical (unpaired) electrons. The van der Waals surface area contributed by atoms with Crippen LogP contribution in [0.4, 0.5) is 4.39 Å². The number of guanidine groups is 1. The van der Waals surface area contributed by atoms with E-state index in [4.69, 9.17) is 4.74 Å². The molecule has 148 valence electrons. The van der Waals surface area contributed by atoms with E-state index in [1.54, 1.807) is 25.2 Å². The van der Waals surface area contributed by atoms with Crippen molar-refractivity contribution in [3.8, 4) is 5.75 Å². The van der Waals surface area contributed by atoms with Crippen LogP contribution in [0.15, 0.2) is 64.5 Å². The quantitative estimate of drug-likeness (QED) is 0.329. The van der Waals surface area contributed by atoms with Crippen molar-refractivity contribution >= 4 is 40.7 Å². The third kappa shape index (κ3) is 8.25. The van der Waals surface area contributed by atoms with Gasteiger partial charge in [0.05, 0.1) is 17.3 Å². The number of nitrogens with one attached hydrogen (secondary N) is 2. The van der Waals surface area contributed by atoms with E-state index in [1.165, 1.54) is 6.07 Å². The van der Waals surface area contributed by atoms with Crippen LogP contribution in [0.25, 0.3) is 0 Å². The second kappa shape index (κ2) is 12.7. The van der Waals surface area contributed by atoms with Crippen molar-refractivity contribution in [3.05, 3.63) is 60.4 Å². The average molecular weight is 505 g/mol. The van der Waals surface area contributed by atoms with E-state index in [-0.39, 0.29) is 41.6 Å². The van der Waals surface area contributed by atoms with Crippen LogP contribution in [0, 0.1) is 5.82 Å². The number of hydrogen-bond donors (Lipinski definition) is 2. The Morgan fingerprint density at radius 1 is 1.15 bits per heavy atom. The topological polar surface area (TPSA) is 62.7 Å². The van der Waals surface area contributed by atoms with E-state index >= 15 is 0 Å². The van der Waals surface area contributed by atoms with Crippen LogP contribution in [-0.2, 0) is 10.8 Å². The van der Waals surface area contributed by atoms with Gasteiger partial charge in [-0.2, -0.15) is 0 Å². The lowest BCUT2D eigenvalue weighted by atomic mass is 10.3. The molecule has 2 N–H and O–H groups in total. The van der Waals surface area contributed by atoms with Crippen molar-refractivity contribution in [2.24, 2.45) is 4.99 Å². The third-order valence-electron chi connectivity index (χ3n) is 3.53. The van der Waals surface area contributed by atoms with Gasteiger partial charge in [-0.15, -0.1) is 24.0 Å². The first kappa shape index (κ1) is 23.4. The van der Waals surface area contributed by atoms with Crippen LogP contribution in [0.2, 0.25) is 0 Å². The Morgan fingerprint density at radius 3 is 2.48 bits per heavy atom. The van der Waals surface area contributed by atoms with Crippen molar-refractivity contribution in [3.63, 3.8) is 0 Å². The van der Waals surface area contributed by atoms with Crippen molar-refractivity contribution < 1.29 is 13.3 Å². The summed E-state index contributed by atoms with van der Waals surface area (Å²) >= 11 is 0. The number of nitrogens with zero attached hydrogens (tertiary/aromatic N) is 1. The van der Waals surface area contributed by atoms with Gasteiger partial charge in [0.25, 0.3) is 0 Å². The normalized spacial score (nSPS) is 13.2. The van der Waals surface area contributed by atoms with E-state index in [0.717, 1.165) is 4.90 Å². The molecular weight excluding hydrogens is 480 g/mol. The fourth-order valence-corrected chi connectivity index (χ4v) is 3.20. The summed E-state index contributed by atoms with van der Waals surface area (Å²) in [6.45, 7) is 2.82. The summed E-state index contributed by atoms with van der Waals surface area (Å²) in [5.41, 5.74) is 0. The summed E-state index contributed by atoms with van der Waals surface area (Å²) < 4.78 is 31.3. The molecule has 0 spiro atoms. The van der Waals surface area contributed by atoms with Gasteiger partial charge in [0, 0.05) is 24.2 Å². The molecule has 0 aromatic heterocycles. The van der Waals surface area contributed by atoms with Gasteiger partial charge in [-0.25, -0.2) is 4.39 Å². The van der Waals surface area contributed by atoms with Crippen LogP contribution in [0.1, 0.15) is 6.92 Å². The summed E-state index contributed by atoms with van der Waals surface area (Å²) in [5, 5.41) is 6.23. The highest BCUT2D eigenvalue weighted by atomic mass is 127. The number of rotatable bonds is 8. The molecule has 2 aromatic rings. The van der Waals surface area contributed by atoms with Crippen molar-refractivity contribution in [2.45, 2.75) is 17.9 Å². The van der Waals surface area contributed by atoms with Gasteiger partial charge in [-0.3, -0.25) is 9.20 Å². The SMILES string of the molecule is CN=C(NCCS(=O)c1ccccc1)NCC(C)Oc1ccccc1F.I. The number of ether oxygens (including phenoxy) is 1. The first-order chi connectivity index (χ1) is 12.6. The molecule has 0 aliphatic carbocycles. The van der Waals surface area contributed by atoms with Gasteiger partial charge in [-0.05, 0) is 31.2 Å². The summed E-state index contributed by atoms with van der Waals surface area (Å²) in [4.78, 5) is 4.93. The zero-order chi connectivity index (χ0) is 18.8. The molecule has 0 amide bonds. The zero-order valence-corrected chi connectivity index (χ0v) is 18.5. The van der Waals surface area contributed by atoms with Crippen LogP contribution in [0.3, 0.4) is 0 Å². The highest BCUT2D eigenvalue weighted by molar-refractivity contribution is 14.0. The molecule has 2 atom stereocenters. The van der Waals surface area contributed by atoms with Crippen LogP contribution in [0.5, 0.6) is 5.75 Å². The first-order valence-corrected chi connectivity index (χ1v) is 9.71. The lowest BCUT2D eigenvalue weighted by Crippen LogP contribution is -2.43. The summed E-state index contributed by atoms with van der Waals surface area (Å²) in [7, 11) is 0.603. The minimum absolute atomic E-state index is 0. The summed E-state index contributed by atoms with van der Waals surface area (Å²) in [6.07, 6.45) is -0.246. The van der Waals surface area contributed by atoms with Gasteiger partial charge < -0.3 is 15.4 Å². The summed E-state index contributed by atoms with van der Waals surface area (Å²) in [5.74, 6) is 0.902. The number of benzene rings is 2. The van der Waals surface area contributed by atoms with Gasteiger partial charge in [0.1, 0.15) is 6.10 Å². The predicted octanol–water partition coefficient (Wildman–Crippen LogP) is 3.18. The Bertz CT molecular complexity index is 747. The largest absolute Gasteiger partial charge is 0.486 e. The molecular formula is C19H25FIN3O2S. The van der Waals surface area contributed by atoms with Crippen LogP contribution >= 0.6 is 24.0 Å². The highest BCUT2D eigenvalue weighted by Gasteiger charge is 2.09. The van der Waals surface area contributed by atoms with Crippen LogP contribution in [-0.4, -0.2) is 42.2 Å². The minimum atomic E-state index is -1.06. The molecule has 0 fully saturated rings. The Kier molecular flexibility index (Phi) is 11.0. The number of hydrogen-bond acceptors (Lipinski definition) is 3. The second-order valence-corrected chi connectivity index (χ2v) is 7.17. The molecule has 5 nitrogen and oxygen atoms in total. The number of halogens is 2. The van der Waals surface area contributed by atoms with E-state index in [9.17, 15) is 8.60 Å². The maximum absolute atomic E-state index is 13.6. The lowest BCUT2D eigenvalue weighted by molar-refractivity contribution is 0.214. The molecule has 27 heavy (non-hydrogen) atoms. The Balaban J connectivity index is 0.00000364. The Hall–Kier alpha value is -1.68. The fraction of sp³-hybridized carbons (Fsp3) is 0.316. The van der Waals surface area contributed by atoms with Crippen LogP contribution < -0.4 is 15.4 Å². The molecule has 2 rings (SSSR count). The van der Waals surface area contributed by atoms with Crippen molar-refractivity contribution in [1.82, 2.24) is 10.6 Å². The third-order valence-corrected chi connectivity index (χ3v) is 4.90. The molecule has 8 heteroatoms. The second-order valence-electron chi connectivity index (χ2n) is 5.60. The predicted molar refractivity (Wildman–Crippen MR) is 119 cm³/mol. The molecule has 0 saturated heterocycles. The average Bonchev–Trinajstić information content (AvgIpc) is 2.67. The van der Waals surface area contributed by atoms with Gasteiger partial charge in [0.2, 0.25) is 0 Å². The van der Waals surface area contributed by atoms with Gasteiger partial charge in [0.15, 0.2) is 17.5 Å². The van der Waals surface area contributed by atoms with Crippen molar-refractivity contribution in [1.29, 1.82) is 0 Å². The maximum Gasteiger partial charge on any atom is 0.191 e. The number of aliphatic imine (C=N–C) groups is 1.